The maximum atomic E-state index is 6.33. The molecule has 0 aliphatic carbocycles. The molecule has 6 aromatic rings. The Morgan fingerprint density at radius 3 is 1.50 bits per heavy atom. The second kappa shape index (κ2) is 12.4. The van der Waals surface area contributed by atoms with Crippen LogP contribution in [0.15, 0.2) is 129 Å². The van der Waals surface area contributed by atoms with E-state index in [0.717, 1.165) is 42.9 Å². The number of pyridine rings is 2. The maximum Gasteiger partial charge on any atom is 0.208 e. The van der Waals surface area contributed by atoms with Crippen LogP contribution in [-0.4, -0.2) is 14.1 Å². The van der Waals surface area contributed by atoms with Crippen molar-refractivity contribution in [2.24, 2.45) is 14.1 Å². The van der Waals surface area contributed by atoms with Gasteiger partial charge in [-0.15, -0.1) is 0 Å². The van der Waals surface area contributed by atoms with Gasteiger partial charge >= 0.3 is 0 Å². The van der Waals surface area contributed by atoms with Gasteiger partial charge in [0.25, 0.3) is 0 Å². The Hall–Kier alpha value is -4.20. The van der Waals surface area contributed by atoms with Crippen LogP contribution < -0.4 is 18.9 Å². The zero-order valence-corrected chi connectivity index (χ0v) is 30.1. The summed E-state index contributed by atoms with van der Waals surface area (Å²) in [5.74, 6) is 0. The highest BCUT2D eigenvalue weighted by atomic mass is 35.5. The monoisotopic (exact) mass is 702 g/mol. The Balaban J connectivity index is 1.20. The first-order valence-corrected chi connectivity index (χ1v) is 18.0. The third-order valence-electron chi connectivity index (χ3n) is 9.10. The van der Waals surface area contributed by atoms with Gasteiger partial charge < -0.3 is 9.80 Å². The van der Waals surface area contributed by atoms with Gasteiger partial charge in [0.2, 0.25) is 11.4 Å². The van der Waals surface area contributed by atoms with Gasteiger partial charge in [0.1, 0.15) is 14.1 Å². The van der Waals surface area contributed by atoms with E-state index in [-0.39, 0.29) is 0 Å². The number of thioether (sulfide) groups is 2. The van der Waals surface area contributed by atoms with Gasteiger partial charge in [0.15, 0.2) is 12.4 Å². The topological polar surface area (TPSA) is 14.2 Å². The van der Waals surface area contributed by atoms with Crippen LogP contribution >= 0.6 is 46.7 Å². The van der Waals surface area contributed by atoms with Crippen LogP contribution in [-0.2, 0) is 14.1 Å². The third kappa shape index (κ3) is 5.57. The van der Waals surface area contributed by atoms with E-state index < -0.39 is 0 Å². The van der Waals surface area contributed by atoms with Gasteiger partial charge in [-0.05, 0) is 69.4 Å². The molecule has 0 fully saturated rings. The number of hydrogen-bond donors (Lipinski definition) is 0. The number of aryl methyl sites for hydroxylation is 2. The maximum absolute atomic E-state index is 6.33. The van der Waals surface area contributed by atoms with E-state index in [9.17, 15) is 0 Å². The summed E-state index contributed by atoms with van der Waals surface area (Å²) in [6.07, 6.45) is 8.83. The summed E-state index contributed by atoms with van der Waals surface area (Å²) < 4.78 is 4.35. The van der Waals surface area contributed by atoms with Gasteiger partial charge in [-0.2, -0.15) is 0 Å². The number of fused-ring (bicyclic) bond motifs is 3. The van der Waals surface area contributed by atoms with Crippen molar-refractivity contribution in [1.82, 2.24) is 0 Å². The summed E-state index contributed by atoms with van der Waals surface area (Å²) in [5.41, 5.74) is 9.27. The molecule has 0 spiro atoms. The van der Waals surface area contributed by atoms with Gasteiger partial charge in [-0.1, -0.05) is 83.1 Å². The second-order valence-electron chi connectivity index (χ2n) is 12.1. The Morgan fingerprint density at radius 1 is 0.583 bits per heavy atom. The summed E-state index contributed by atoms with van der Waals surface area (Å²) in [5, 5.41) is 6.27. The lowest BCUT2D eigenvalue weighted by Gasteiger charge is -2.14. The third-order valence-corrected chi connectivity index (χ3v) is 11.9. The van der Waals surface area contributed by atoms with E-state index >= 15 is 0 Å². The Morgan fingerprint density at radius 2 is 1.04 bits per heavy atom. The Bertz CT molecular complexity index is 2190. The lowest BCUT2D eigenvalue weighted by atomic mass is 9.91. The largest absolute Gasteiger partial charge is 0.338 e. The average Bonchev–Trinajstić information content (AvgIpc) is 3.56. The summed E-state index contributed by atoms with van der Waals surface area (Å²) in [4.78, 5) is 6.85. The number of rotatable bonds is 4. The van der Waals surface area contributed by atoms with E-state index in [1.165, 1.54) is 42.8 Å². The molecule has 8 rings (SSSR count). The minimum atomic E-state index is 0.749. The van der Waals surface area contributed by atoms with Crippen molar-refractivity contribution >= 4 is 81.0 Å². The number of aromatic nitrogens is 2. The van der Waals surface area contributed by atoms with Crippen molar-refractivity contribution in [3.8, 4) is 22.3 Å². The van der Waals surface area contributed by atoms with E-state index in [1.54, 1.807) is 23.5 Å². The molecule has 4 aromatic carbocycles. The quantitative estimate of drug-likeness (QED) is 0.170. The molecule has 0 bridgehead atoms. The molecule has 2 aliphatic rings. The molecule has 0 saturated carbocycles. The highest BCUT2D eigenvalue weighted by Crippen LogP contribution is 2.48. The lowest BCUT2D eigenvalue weighted by molar-refractivity contribution is -0.673. The molecule has 0 N–H and O–H groups in total. The van der Waals surface area contributed by atoms with Crippen LogP contribution in [0.2, 0.25) is 10.0 Å². The molecule has 0 atom stereocenters. The van der Waals surface area contributed by atoms with Gasteiger partial charge in [-0.3, -0.25) is 0 Å². The highest BCUT2D eigenvalue weighted by Gasteiger charge is 2.25. The minimum absolute atomic E-state index is 0.749. The summed E-state index contributed by atoms with van der Waals surface area (Å²) in [6.45, 7) is 0. The van der Waals surface area contributed by atoms with E-state index in [1.807, 2.05) is 24.3 Å². The molecule has 4 heterocycles. The molecule has 0 amide bonds. The van der Waals surface area contributed by atoms with Crippen molar-refractivity contribution in [2.75, 3.05) is 23.9 Å². The Labute approximate surface area is 299 Å². The fourth-order valence-electron chi connectivity index (χ4n) is 6.40. The van der Waals surface area contributed by atoms with Gasteiger partial charge in [-0.25, -0.2) is 9.13 Å². The summed E-state index contributed by atoms with van der Waals surface area (Å²) in [7, 11) is 8.40. The number of anilines is 2. The molecule has 2 aliphatic heterocycles. The molecular formula is C40H32Cl2N4S2+2. The van der Waals surface area contributed by atoms with Crippen molar-refractivity contribution < 1.29 is 9.13 Å². The first kappa shape index (κ1) is 31.1. The second-order valence-corrected chi connectivity index (χ2v) is 15.1. The van der Waals surface area contributed by atoms with E-state index in [0.29, 0.717) is 0 Å². The first-order chi connectivity index (χ1) is 23.2. The number of halogens is 2. The fourth-order valence-corrected chi connectivity index (χ4v) is 8.89. The molecule has 8 heteroatoms. The van der Waals surface area contributed by atoms with Crippen LogP contribution in [0.5, 0.6) is 0 Å². The van der Waals surface area contributed by atoms with Crippen molar-refractivity contribution in [2.45, 2.75) is 9.79 Å². The van der Waals surface area contributed by atoms with Crippen LogP contribution in [0.3, 0.4) is 0 Å². The molecule has 0 unspecified atom stereocenters. The summed E-state index contributed by atoms with van der Waals surface area (Å²) in [6, 6.07) is 34.4. The molecular weight excluding hydrogens is 672 g/mol. The normalized spacial score (nSPS) is 15.5. The van der Waals surface area contributed by atoms with Crippen molar-refractivity contribution in [3.05, 3.63) is 141 Å². The van der Waals surface area contributed by atoms with Gasteiger partial charge in [0, 0.05) is 70.3 Å². The van der Waals surface area contributed by atoms with Gasteiger partial charge in [0.05, 0.1) is 21.4 Å². The van der Waals surface area contributed by atoms with Crippen LogP contribution in [0.25, 0.3) is 45.2 Å². The molecule has 48 heavy (non-hydrogen) atoms. The minimum Gasteiger partial charge on any atom is -0.338 e. The Kier molecular flexibility index (Phi) is 8.00. The predicted octanol–water partition coefficient (Wildman–Crippen LogP) is 10.2. The van der Waals surface area contributed by atoms with Crippen LogP contribution in [0.1, 0.15) is 11.4 Å². The smallest absolute Gasteiger partial charge is 0.208 e. The highest BCUT2D eigenvalue weighted by molar-refractivity contribution is 8.04. The number of nitrogens with zero attached hydrogens (tertiary/aromatic N) is 4. The standard InChI is InChI=1S/C40H32Cl2N4S2/c1-43-17-15-26(19-30(43)23-38-45(3)34-21-28(41)11-13-36(34)47-38)32-9-5-7-25-8-6-10-33(40(25)32)27-16-18-44(2)31(20-27)24-39-46(4)35-22-29(42)12-14-37(35)48-39/h5-24H,1-4H3/q+2. The van der Waals surface area contributed by atoms with Crippen molar-refractivity contribution in [1.29, 1.82) is 0 Å². The van der Waals surface area contributed by atoms with Crippen LogP contribution in [0, 0.1) is 0 Å². The SMILES string of the molecule is CN1/C(=C/c2cc(-c3cccc4cccc(-c5cc[n+](C)c(/C=C6\Sc7ccc(Cl)cc7N6C)c5)c34)cc[n+]2C)Sc2ccc(Cl)cc21. The molecule has 0 radical (unpaired) electrons. The molecule has 4 nitrogen and oxygen atoms in total. The summed E-state index contributed by atoms with van der Waals surface area (Å²) >= 11 is 16.2. The predicted molar refractivity (Wildman–Crippen MR) is 205 cm³/mol. The van der Waals surface area contributed by atoms with E-state index in [2.05, 4.69) is 144 Å². The van der Waals surface area contributed by atoms with Crippen molar-refractivity contribution in [3.63, 3.8) is 0 Å². The number of hydrogen-bond acceptors (Lipinski definition) is 4. The molecule has 236 valence electrons. The van der Waals surface area contributed by atoms with Crippen LogP contribution in [0.4, 0.5) is 11.4 Å². The zero-order chi connectivity index (χ0) is 33.1. The lowest BCUT2D eigenvalue weighted by Crippen LogP contribution is -2.31. The zero-order valence-electron chi connectivity index (χ0n) is 26.9. The molecule has 2 aromatic heterocycles. The molecule has 0 saturated heterocycles. The number of benzene rings is 4. The first-order valence-electron chi connectivity index (χ1n) is 15.6. The fraction of sp³-hybridized carbons (Fsp3) is 0.100. The average molecular weight is 704 g/mol. The van der Waals surface area contributed by atoms with E-state index in [4.69, 9.17) is 23.2 Å².